The Morgan fingerprint density at radius 3 is 1.14 bits per heavy atom. The number of para-hydroxylation sites is 2. The SMILES string of the molecule is [2H]c1c([2H])c([2H])c(N(c2c([2H])c([2H])c(C([2H])(C([2H])([2H])[2H])C([2H])([2H])[2H])c([2H])c2[2H])c2c([2H])c([2H])c3c4cc5c(cc4n4c6ccc(C(C)(C)C)cc6c2c34)c2c([2H])c([2H])c(N(c3c([2H])c([2H])c([2H])c([2H])c3[2H])c3c([2H])c([2H])c(C([2H])(C([2H])([2H])[2H])C([2H])([2H])[2H])c([2H])c3[2H])c3c4cc(C(C)(C)C)ccc4n5c23)c([2H])c1[2H]. The summed E-state index contributed by atoms with van der Waals surface area (Å²) < 4.78 is 330. The molecule has 0 fully saturated rings. The fourth-order valence-corrected chi connectivity index (χ4v) is 9.99. The summed E-state index contributed by atoms with van der Waals surface area (Å²) in [4.78, 5) is 1.34. The second-order valence-electron chi connectivity index (χ2n) is 19.7. The Labute approximate surface area is 473 Å². The van der Waals surface area contributed by atoms with Crippen LogP contribution in [0.1, 0.15) is 152 Å². The maximum absolute atomic E-state index is 10.4. The van der Waals surface area contributed by atoms with Gasteiger partial charge in [-0.15, -0.1) is 0 Å². The van der Waals surface area contributed by atoms with E-state index in [-0.39, 0.29) is 76.2 Å². The lowest BCUT2D eigenvalue weighted by Gasteiger charge is -2.27. The molecule has 0 saturated carbocycles. The van der Waals surface area contributed by atoms with E-state index in [9.17, 15) is 21.9 Å². The van der Waals surface area contributed by atoms with Crippen molar-refractivity contribution in [2.45, 2.75) is 91.6 Å². The van der Waals surface area contributed by atoms with Crippen LogP contribution in [-0.2, 0) is 10.8 Å². The third-order valence-corrected chi connectivity index (χ3v) is 13.4. The largest absolute Gasteiger partial charge is 0.310 e. The lowest BCUT2D eigenvalue weighted by atomic mass is 9.86. The van der Waals surface area contributed by atoms with Crippen molar-refractivity contribution >= 4 is 110 Å². The van der Waals surface area contributed by atoms with Crippen LogP contribution in [0.3, 0.4) is 0 Å². The quantitative estimate of drug-likeness (QED) is 0.151. The minimum Gasteiger partial charge on any atom is -0.310 e. The molecule has 4 heteroatoms. The molecule has 0 aliphatic carbocycles. The summed E-state index contributed by atoms with van der Waals surface area (Å²) in [7, 11) is 0. The van der Waals surface area contributed by atoms with Gasteiger partial charge in [-0.1, -0.05) is 154 Å². The first-order valence-corrected chi connectivity index (χ1v) is 22.8. The van der Waals surface area contributed by atoms with Gasteiger partial charge in [-0.2, -0.15) is 0 Å². The molecule has 0 atom stereocenters. The molecule has 0 bridgehead atoms. The average Bonchev–Trinajstić information content (AvgIpc) is 1.47. The maximum atomic E-state index is 10.4. The summed E-state index contributed by atoms with van der Waals surface area (Å²) in [5.41, 5.74) is -7.09. The van der Waals surface area contributed by atoms with Gasteiger partial charge in [-0.05, 0) is 142 Å². The molecule has 72 heavy (non-hydrogen) atoms. The molecule has 4 heterocycles. The number of hydrogen-bond donors (Lipinski definition) is 0. The highest BCUT2D eigenvalue weighted by Crippen LogP contribution is 2.52. The van der Waals surface area contributed by atoms with Gasteiger partial charge >= 0.3 is 0 Å². The summed E-state index contributed by atoms with van der Waals surface area (Å²) in [5.74, 6) is -7.72. The molecule has 0 spiro atoms. The Bertz CT molecular complexity index is 5640. The third kappa shape index (κ3) is 6.57. The second kappa shape index (κ2) is 15.8. The van der Waals surface area contributed by atoms with Gasteiger partial charge in [-0.25, -0.2) is 0 Å². The van der Waals surface area contributed by atoms with Crippen LogP contribution in [0.5, 0.6) is 0 Å². The van der Waals surface area contributed by atoms with Gasteiger partial charge in [0.15, 0.2) is 0 Å². The Morgan fingerprint density at radius 1 is 0.403 bits per heavy atom. The van der Waals surface area contributed by atoms with Crippen LogP contribution in [0.15, 0.2) is 181 Å². The van der Waals surface area contributed by atoms with Crippen LogP contribution >= 0.6 is 0 Å². The fourth-order valence-electron chi connectivity index (χ4n) is 9.99. The zero-order valence-corrected chi connectivity index (χ0v) is 39.4. The molecule has 0 aliphatic rings. The lowest BCUT2D eigenvalue weighted by Crippen LogP contribution is -2.11. The lowest BCUT2D eigenvalue weighted by molar-refractivity contribution is 0.591. The van der Waals surface area contributed by atoms with Crippen molar-refractivity contribution in [1.29, 1.82) is 0 Å². The van der Waals surface area contributed by atoms with Gasteiger partial charge < -0.3 is 18.6 Å². The number of benzene rings is 9. The number of hydrogen-bond acceptors (Lipinski definition) is 2. The van der Waals surface area contributed by atoms with E-state index in [1.807, 2.05) is 41.5 Å². The molecule has 0 amide bonds. The predicted molar refractivity (Wildman–Crippen MR) is 311 cm³/mol. The van der Waals surface area contributed by atoms with E-state index >= 15 is 0 Å². The van der Waals surface area contributed by atoms with E-state index in [0.29, 0.717) is 20.9 Å². The van der Waals surface area contributed by atoms with E-state index in [1.165, 1.54) is 0 Å². The molecule has 0 saturated heterocycles. The summed E-state index contributed by atoms with van der Waals surface area (Å²) >= 11 is 0. The zero-order chi connectivity index (χ0) is 80.5. The van der Waals surface area contributed by atoms with Crippen LogP contribution in [0, 0.1) is 0 Å². The first kappa shape index (κ1) is 20.4. The van der Waals surface area contributed by atoms with Gasteiger partial charge in [0.25, 0.3) is 0 Å². The minimum absolute atomic E-state index is 0.0326. The summed E-state index contributed by atoms with van der Waals surface area (Å²) in [6.45, 7) is -4.27. The Hall–Kier alpha value is -7.82. The van der Waals surface area contributed by atoms with Crippen LogP contribution in [0.4, 0.5) is 34.1 Å². The van der Waals surface area contributed by atoms with Gasteiger partial charge in [0.2, 0.25) is 0 Å². The van der Waals surface area contributed by atoms with Crippen molar-refractivity contribution in [2.24, 2.45) is 0 Å². The van der Waals surface area contributed by atoms with Crippen molar-refractivity contribution in [3.05, 3.63) is 204 Å². The standard InChI is InChI=1S/C68H62N4/c1-41(2)43-21-27-49(28-22-43)69(47-17-13-11-14-18-47)59-35-31-51-53-39-62-54(40-61(53)71-57-33-25-45(67(5,6)7)37-55(57)63(59)65(51)71)52-32-36-60(64-56-38-46(68(8,9)10)26-34-58(56)72(62)66(52)64)70(48-19-15-12-16-20-48)50-29-23-44(24-30-50)42(3)4/h11-42H,1-10H3/i1D3,2D3,3D3,4D3,11D,12D,13D,14D,15D,16D,17D,18D,19D,20D,21D,22D,23D,24D,27D,28D,29D,30D,31D,32D,35D,36D,41D,42D. The molecule has 4 nitrogen and oxygen atoms in total. The molecular formula is C68H62N4. The highest BCUT2D eigenvalue weighted by atomic mass is 15.2. The molecule has 13 rings (SSSR count). The van der Waals surface area contributed by atoms with Crippen LogP contribution in [0.25, 0.3) is 76.2 Å². The fraction of sp³-hybridized carbons (Fsp3) is 0.206. The van der Waals surface area contributed by atoms with E-state index < -0.39 is 228 Å². The smallest absolute Gasteiger partial charge is 0.0645 e. The van der Waals surface area contributed by atoms with Crippen LogP contribution < -0.4 is 9.80 Å². The normalized spacial score (nSPS) is 21.0. The third-order valence-electron chi connectivity index (χ3n) is 13.4. The second-order valence-corrected chi connectivity index (χ2v) is 19.7. The zero-order valence-electron chi connectivity index (χ0n) is 75.4. The molecule has 0 radical (unpaired) electrons. The van der Waals surface area contributed by atoms with Crippen molar-refractivity contribution in [3.63, 3.8) is 0 Å². The summed E-state index contributed by atoms with van der Waals surface area (Å²) in [5, 5.41) is 0.493. The van der Waals surface area contributed by atoms with E-state index in [2.05, 4.69) is 0 Å². The summed E-state index contributed by atoms with van der Waals surface area (Å²) in [6, 6.07) is -10.4. The summed E-state index contributed by atoms with van der Waals surface area (Å²) in [6.07, 6.45) is 0. The van der Waals surface area contributed by atoms with Crippen LogP contribution in [-0.4, -0.2) is 8.80 Å². The van der Waals surface area contributed by atoms with Crippen molar-refractivity contribution in [1.82, 2.24) is 8.80 Å². The van der Waals surface area contributed by atoms with Crippen molar-refractivity contribution in [3.8, 4) is 0 Å². The molecule has 0 N–H and O–H groups in total. The predicted octanol–water partition coefficient (Wildman–Crippen LogP) is 19.8. The van der Waals surface area contributed by atoms with E-state index in [1.54, 1.807) is 57.3 Å². The maximum Gasteiger partial charge on any atom is 0.0645 e. The highest BCUT2D eigenvalue weighted by molar-refractivity contribution is 6.32. The first-order chi connectivity index (χ1) is 49.4. The van der Waals surface area contributed by atoms with Crippen LogP contribution in [0.2, 0.25) is 0 Å². The van der Waals surface area contributed by atoms with Crippen molar-refractivity contribution < 1.29 is 49.3 Å². The Morgan fingerprint density at radius 2 is 0.778 bits per heavy atom. The topological polar surface area (TPSA) is 15.3 Å². The molecule has 354 valence electrons. The minimum atomic E-state index is -3.87. The molecule has 0 unspecified atom stereocenters. The Balaban J connectivity index is 1.24. The molecular weight excluding hydrogens is 873 g/mol. The average molecular weight is 971 g/mol. The molecule has 13 aromatic rings. The number of anilines is 6. The Kier molecular flexibility index (Phi) is 4.48. The van der Waals surface area contributed by atoms with Gasteiger partial charge in [-0.3, -0.25) is 0 Å². The molecule has 4 aromatic heterocycles. The number of nitrogens with zero attached hydrogens (tertiary/aromatic N) is 4. The molecule has 0 aliphatic heterocycles. The molecule has 9 aromatic carbocycles. The van der Waals surface area contributed by atoms with Gasteiger partial charge in [0.05, 0.1) is 74.6 Å². The number of aromatic nitrogens is 2. The number of rotatable bonds is 8. The number of fused-ring (bicyclic) bond motifs is 12. The van der Waals surface area contributed by atoms with Gasteiger partial charge in [0, 0.05) is 85.0 Å². The van der Waals surface area contributed by atoms with Gasteiger partial charge in [0.1, 0.15) is 0 Å². The van der Waals surface area contributed by atoms with E-state index in [0.717, 1.165) is 0 Å². The van der Waals surface area contributed by atoms with Crippen molar-refractivity contribution in [2.75, 3.05) is 9.80 Å². The first-order valence-electron chi connectivity index (χ1n) is 40.8. The highest BCUT2D eigenvalue weighted by Gasteiger charge is 2.29. The van der Waals surface area contributed by atoms with E-state index in [4.69, 9.17) is 27.4 Å². The monoisotopic (exact) mass is 971 g/mol.